The lowest BCUT2D eigenvalue weighted by Crippen LogP contribution is -2.03. The zero-order valence-corrected chi connectivity index (χ0v) is 11.2. The Balaban J connectivity index is 2.01. The Bertz CT molecular complexity index is 699. The Morgan fingerprint density at radius 2 is 1.75 bits per heavy atom. The predicted octanol–water partition coefficient (Wildman–Crippen LogP) is 3.19. The summed E-state index contributed by atoms with van der Waals surface area (Å²) in [5.41, 5.74) is 0.747. The van der Waals surface area contributed by atoms with Crippen LogP contribution in [0, 0.1) is 0 Å². The van der Waals surface area contributed by atoms with Gasteiger partial charge in [0.2, 0.25) is 0 Å². The third-order valence-corrected chi connectivity index (χ3v) is 2.96. The molecule has 20 heavy (non-hydrogen) atoms. The molecule has 3 aromatic rings. The molecule has 0 amide bonds. The number of rotatable bonds is 4. The van der Waals surface area contributed by atoms with Crippen LogP contribution < -0.4 is 4.74 Å². The highest BCUT2D eigenvalue weighted by Crippen LogP contribution is 2.27. The molecular formula is C14H11ClN4O. The van der Waals surface area contributed by atoms with Gasteiger partial charge in [0, 0.05) is 0 Å². The second-order valence-corrected chi connectivity index (χ2v) is 4.29. The van der Waals surface area contributed by atoms with E-state index in [0.717, 1.165) is 11.4 Å². The van der Waals surface area contributed by atoms with E-state index in [1.807, 2.05) is 54.6 Å². The Morgan fingerprint density at radius 1 is 1.00 bits per heavy atom. The van der Waals surface area contributed by atoms with Crippen LogP contribution in [0.3, 0.4) is 0 Å². The zero-order valence-electron chi connectivity index (χ0n) is 10.5. The number of hydrogen-bond donors (Lipinski definition) is 0. The van der Waals surface area contributed by atoms with E-state index in [4.69, 9.17) is 16.3 Å². The molecule has 5 nitrogen and oxygen atoms in total. The highest BCUT2D eigenvalue weighted by atomic mass is 35.5. The van der Waals surface area contributed by atoms with Gasteiger partial charge in [-0.25, -0.2) is 0 Å². The van der Waals surface area contributed by atoms with E-state index >= 15 is 0 Å². The average molecular weight is 287 g/mol. The van der Waals surface area contributed by atoms with Gasteiger partial charge < -0.3 is 4.74 Å². The van der Waals surface area contributed by atoms with Crippen molar-refractivity contribution in [3.63, 3.8) is 0 Å². The first kappa shape index (κ1) is 12.6. The van der Waals surface area contributed by atoms with Crippen LogP contribution in [-0.2, 0) is 5.88 Å². The van der Waals surface area contributed by atoms with Crippen LogP contribution in [0.5, 0.6) is 11.5 Å². The molecule has 1 heterocycles. The molecule has 0 radical (unpaired) electrons. The Kier molecular flexibility index (Phi) is 3.60. The van der Waals surface area contributed by atoms with Crippen molar-refractivity contribution >= 4 is 11.6 Å². The van der Waals surface area contributed by atoms with Gasteiger partial charge in [0.1, 0.15) is 11.4 Å². The summed E-state index contributed by atoms with van der Waals surface area (Å²) >= 11 is 5.83. The number of halogens is 1. The molecule has 1 aromatic heterocycles. The van der Waals surface area contributed by atoms with Crippen molar-refractivity contribution in [2.45, 2.75) is 5.88 Å². The van der Waals surface area contributed by atoms with E-state index in [9.17, 15) is 0 Å². The summed E-state index contributed by atoms with van der Waals surface area (Å²) in [5.74, 6) is 2.21. The number of alkyl halides is 1. The zero-order chi connectivity index (χ0) is 13.8. The minimum Gasteiger partial charge on any atom is -0.455 e. The molecule has 0 unspecified atom stereocenters. The largest absolute Gasteiger partial charge is 0.455 e. The SMILES string of the molecule is ClCc1nnnn1-c1ccccc1Oc1ccccc1. The van der Waals surface area contributed by atoms with Crippen LogP contribution in [0.15, 0.2) is 54.6 Å². The molecule has 3 rings (SSSR count). The molecule has 0 atom stereocenters. The van der Waals surface area contributed by atoms with Gasteiger partial charge in [0.15, 0.2) is 11.6 Å². The van der Waals surface area contributed by atoms with E-state index in [1.54, 1.807) is 4.68 Å². The first-order valence-electron chi connectivity index (χ1n) is 6.04. The fourth-order valence-electron chi connectivity index (χ4n) is 1.81. The van der Waals surface area contributed by atoms with Gasteiger partial charge in [-0.1, -0.05) is 30.3 Å². The van der Waals surface area contributed by atoms with Gasteiger partial charge in [0.05, 0.1) is 5.88 Å². The number of aromatic nitrogens is 4. The maximum Gasteiger partial charge on any atom is 0.171 e. The van der Waals surface area contributed by atoms with Crippen molar-refractivity contribution in [1.29, 1.82) is 0 Å². The maximum absolute atomic E-state index is 5.87. The van der Waals surface area contributed by atoms with Crippen molar-refractivity contribution in [2.75, 3.05) is 0 Å². The van der Waals surface area contributed by atoms with Gasteiger partial charge in [-0.3, -0.25) is 0 Å². The molecule has 100 valence electrons. The molecule has 0 aliphatic rings. The maximum atomic E-state index is 5.87. The van der Waals surface area contributed by atoms with Crippen LogP contribution in [0.25, 0.3) is 5.69 Å². The minimum atomic E-state index is 0.229. The van der Waals surface area contributed by atoms with Crippen LogP contribution in [0.1, 0.15) is 5.82 Å². The lowest BCUT2D eigenvalue weighted by atomic mass is 10.3. The highest BCUT2D eigenvalue weighted by Gasteiger charge is 2.12. The summed E-state index contributed by atoms with van der Waals surface area (Å²) in [6.45, 7) is 0. The molecule has 6 heteroatoms. The average Bonchev–Trinajstić information content (AvgIpc) is 2.97. The second kappa shape index (κ2) is 5.71. The quantitative estimate of drug-likeness (QED) is 0.691. The van der Waals surface area contributed by atoms with E-state index in [0.29, 0.717) is 11.6 Å². The molecule has 0 N–H and O–H groups in total. The molecule has 0 spiro atoms. The normalized spacial score (nSPS) is 10.4. The van der Waals surface area contributed by atoms with Crippen molar-refractivity contribution in [3.8, 4) is 17.2 Å². The molecule has 2 aromatic carbocycles. The number of ether oxygens (including phenoxy) is 1. The van der Waals surface area contributed by atoms with Gasteiger partial charge in [-0.2, -0.15) is 4.68 Å². The van der Waals surface area contributed by atoms with Crippen LogP contribution in [0.2, 0.25) is 0 Å². The number of para-hydroxylation sites is 3. The topological polar surface area (TPSA) is 52.8 Å². The molecule has 0 fully saturated rings. The fourth-order valence-corrected chi connectivity index (χ4v) is 1.98. The van der Waals surface area contributed by atoms with E-state index < -0.39 is 0 Å². The lowest BCUT2D eigenvalue weighted by Gasteiger charge is -2.11. The van der Waals surface area contributed by atoms with Gasteiger partial charge in [0.25, 0.3) is 0 Å². The Morgan fingerprint density at radius 3 is 2.55 bits per heavy atom. The molecule has 0 bridgehead atoms. The first-order chi connectivity index (χ1) is 9.88. The third-order valence-electron chi connectivity index (χ3n) is 2.72. The van der Waals surface area contributed by atoms with Crippen molar-refractivity contribution in [3.05, 3.63) is 60.4 Å². The van der Waals surface area contributed by atoms with Crippen LogP contribution in [0.4, 0.5) is 0 Å². The summed E-state index contributed by atoms with van der Waals surface area (Å²) in [5, 5.41) is 11.5. The molecular weight excluding hydrogens is 276 g/mol. The third kappa shape index (κ3) is 2.48. The number of benzene rings is 2. The van der Waals surface area contributed by atoms with Crippen LogP contribution in [-0.4, -0.2) is 20.2 Å². The van der Waals surface area contributed by atoms with E-state index in [-0.39, 0.29) is 5.88 Å². The Hall–Kier alpha value is -2.40. The second-order valence-electron chi connectivity index (χ2n) is 4.02. The predicted molar refractivity (Wildman–Crippen MR) is 75.2 cm³/mol. The Labute approximate surface area is 120 Å². The fraction of sp³-hybridized carbons (Fsp3) is 0.0714. The summed E-state index contributed by atoms with van der Waals surface area (Å²) in [7, 11) is 0. The lowest BCUT2D eigenvalue weighted by molar-refractivity contribution is 0.477. The van der Waals surface area contributed by atoms with Crippen molar-refractivity contribution < 1.29 is 4.74 Å². The van der Waals surface area contributed by atoms with Crippen molar-refractivity contribution in [2.24, 2.45) is 0 Å². The number of tetrazole rings is 1. The van der Waals surface area contributed by atoms with Gasteiger partial charge >= 0.3 is 0 Å². The molecule has 0 aliphatic heterocycles. The van der Waals surface area contributed by atoms with E-state index in [1.165, 1.54) is 0 Å². The van der Waals surface area contributed by atoms with Gasteiger partial charge in [-0.15, -0.1) is 16.7 Å². The molecule has 0 saturated heterocycles. The molecule has 0 saturated carbocycles. The summed E-state index contributed by atoms with van der Waals surface area (Å²) < 4.78 is 7.45. The monoisotopic (exact) mass is 286 g/mol. The standard InChI is InChI=1S/C14H11ClN4O/c15-10-14-16-17-18-19(14)12-8-4-5-9-13(12)20-11-6-2-1-3-7-11/h1-9H,10H2. The highest BCUT2D eigenvalue weighted by molar-refractivity contribution is 6.16. The van der Waals surface area contributed by atoms with E-state index in [2.05, 4.69) is 15.5 Å². The van der Waals surface area contributed by atoms with Gasteiger partial charge in [-0.05, 0) is 34.7 Å². The van der Waals surface area contributed by atoms with Crippen molar-refractivity contribution in [1.82, 2.24) is 20.2 Å². The minimum absolute atomic E-state index is 0.229. The number of nitrogens with zero attached hydrogens (tertiary/aromatic N) is 4. The summed E-state index contributed by atoms with van der Waals surface area (Å²) in [6.07, 6.45) is 0. The van der Waals surface area contributed by atoms with Crippen LogP contribution >= 0.6 is 11.6 Å². The molecule has 0 aliphatic carbocycles. The number of hydrogen-bond acceptors (Lipinski definition) is 4. The summed E-state index contributed by atoms with van der Waals surface area (Å²) in [6, 6.07) is 17.1. The first-order valence-corrected chi connectivity index (χ1v) is 6.57. The summed E-state index contributed by atoms with van der Waals surface area (Å²) in [4.78, 5) is 0. The smallest absolute Gasteiger partial charge is 0.171 e.